The Bertz CT molecular complexity index is 708. The van der Waals surface area contributed by atoms with Gasteiger partial charge in [-0.2, -0.15) is 0 Å². The van der Waals surface area contributed by atoms with Gasteiger partial charge in [0.25, 0.3) is 5.91 Å². The van der Waals surface area contributed by atoms with Crippen LogP contribution in [-0.2, 0) is 4.74 Å². The van der Waals surface area contributed by atoms with E-state index in [2.05, 4.69) is 5.32 Å². The first-order chi connectivity index (χ1) is 12.7. The van der Waals surface area contributed by atoms with E-state index in [1.165, 1.54) is 5.56 Å². The van der Waals surface area contributed by atoms with E-state index in [1.54, 1.807) is 6.07 Å². The first kappa shape index (κ1) is 18.3. The maximum absolute atomic E-state index is 12.4. The molecule has 138 valence electrons. The Balaban J connectivity index is 1.46. The minimum Gasteiger partial charge on any atom is -0.492 e. The lowest BCUT2D eigenvalue weighted by Crippen LogP contribution is -2.28. The van der Waals surface area contributed by atoms with Crippen LogP contribution in [0.4, 0.5) is 0 Å². The SMILES string of the molecule is Cc1ccc(OCCNC(=O)c2ccccc2OCC2CCCO2)cc1. The number of amides is 1. The molecule has 1 aliphatic rings. The third-order valence-corrected chi connectivity index (χ3v) is 4.26. The van der Waals surface area contributed by atoms with Crippen molar-refractivity contribution in [1.82, 2.24) is 5.32 Å². The average molecular weight is 355 g/mol. The van der Waals surface area contributed by atoms with Crippen LogP contribution < -0.4 is 14.8 Å². The van der Waals surface area contributed by atoms with Gasteiger partial charge in [0.15, 0.2) is 0 Å². The molecule has 1 amide bonds. The molecule has 1 fully saturated rings. The lowest BCUT2D eigenvalue weighted by Gasteiger charge is -2.14. The van der Waals surface area contributed by atoms with E-state index in [1.807, 2.05) is 49.4 Å². The number of carbonyl (C=O) groups is 1. The fourth-order valence-electron chi connectivity index (χ4n) is 2.80. The molecule has 0 radical (unpaired) electrons. The summed E-state index contributed by atoms with van der Waals surface area (Å²) in [5, 5.41) is 2.87. The van der Waals surface area contributed by atoms with Crippen LogP contribution in [0, 0.1) is 6.92 Å². The van der Waals surface area contributed by atoms with E-state index in [9.17, 15) is 4.79 Å². The molecule has 0 spiro atoms. The Morgan fingerprint density at radius 2 is 1.96 bits per heavy atom. The zero-order valence-corrected chi connectivity index (χ0v) is 15.1. The molecule has 1 heterocycles. The summed E-state index contributed by atoms with van der Waals surface area (Å²) in [5.41, 5.74) is 1.71. The van der Waals surface area contributed by atoms with Crippen molar-refractivity contribution in [2.75, 3.05) is 26.4 Å². The second kappa shape index (κ2) is 9.25. The molecule has 3 rings (SSSR count). The number of benzene rings is 2. The summed E-state index contributed by atoms with van der Waals surface area (Å²) in [5.74, 6) is 1.21. The van der Waals surface area contributed by atoms with E-state index in [-0.39, 0.29) is 12.0 Å². The second-order valence-electron chi connectivity index (χ2n) is 6.36. The standard InChI is InChI=1S/C21H25NO4/c1-16-8-10-17(11-9-16)25-14-12-22-21(23)19-6-2-3-7-20(19)26-15-18-5-4-13-24-18/h2-3,6-11,18H,4-5,12-15H2,1H3,(H,22,23). The molecule has 2 aromatic rings. The van der Waals surface area contributed by atoms with Gasteiger partial charge in [0, 0.05) is 6.61 Å². The van der Waals surface area contributed by atoms with E-state index < -0.39 is 0 Å². The van der Waals surface area contributed by atoms with Crippen molar-refractivity contribution in [1.29, 1.82) is 0 Å². The maximum atomic E-state index is 12.4. The number of nitrogens with one attached hydrogen (secondary N) is 1. The van der Waals surface area contributed by atoms with Gasteiger partial charge in [-0.05, 0) is 44.0 Å². The molecule has 1 aliphatic heterocycles. The molecular weight excluding hydrogens is 330 g/mol. The highest BCUT2D eigenvalue weighted by Gasteiger charge is 2.18. The van der Waals surface area contributed by atoms with Gasteiger partial charge in [-0.3, -0.25) is 4.79 Å². The Morgan fingerprint density at radius 3 is 2.73 bits per heavy atom. The van der Waals surface area contributed by atoms with Gasteiger partial charge in [0.05, 0.1) is 18.2 Å². The molecule has 26 heavy (non-hydrogen) atoms. The second-order valence-corrected chi connectivity index (χ2v) is 6.36. The monoisotopic (exact) mass is 355 g/mol. The molecule has 0 saturated carbocycles. The number of rotatable bonds is 8. The van der Waals surface area contributed by atoms with Gasteiger partial charge in [0.1, 0.15) is 24.7 Å². The number of carbonyl (C=O) groups excluding carboxylic acids is 1. The van der Waals surface area contributed by atoms with Gasteiger partial charge in [-0.1, -0.05) is 29.8 Å². The molecule has 1 atom stereocenters. The molecule has 5 nitrogen and oxygen atoms in total. The molecule has 1 N–H and O–H groups in total. The van der Waals surface area contributed by atoms with Gasteiger partial charge in [0.2, 0.25) is 0 Å². The molecular formula is C21H25NO4. The van der Waals surface area contributed by atoms with Gasteiger partial charge >= 0.3 is 0 Å². The lowest BCUT2D eigenvalue weighted by atomic mass is 10.2. The van der Waals surface area contributed by atoms with Crippen molar-refractivity contribution >= 4 is 5.91 Å². The van der Waals surface area contributed by atoms with Crippen LogP contribution in [-0.4, -0.2) is 38.4 Å². The summed E-state index contributed by atoms with van der Waals surface area (Å²) in [6, 6.07) is 15.1. The van der Waals surface area contributed by atoms with Crippen LogP contribution in [0.1, 0.15) is 28.8 Å². The normalized spacial score (nSPS) is 16.3. The van der Waals surface area contributed by atoms with E-state index in [0.29, 0.717) is 31.1 Å². The highest BCUT2D eigenvalue weighted by atomic mass is 16.5. The first-order valence-electron chi connectivity index (χ1n) is 9.03. The lowest BCUT2D eigenvalue weighted by molar-refractivity contribution is 0.0670. The molecule has 0 bridgehead atoms. The molecule has 5 heteroatoms. The summed E-state index contributed by atoms with van der Waals surface area (Å²) in [6.07, 6.45) is 2.19. The van der Waals surface area contributed by atoms with Crippen LogP contribution in [0.2, 0.25) is 0 Å². The van der Waals surface area contributed by atoms with Crippen molar-refractivity contribution in [3.63, 3.8) is 0 Å². The van der Waals surface area contributed by atoms with Crippen LogP contribution in [0.5, 0.6) is 11.5 Å². The quantitative estimate of drug-likeness (QED) is 0.738. The number of para-hydroxylation sites is 1. The predicted octanol–water partition coefficient (Wildman–Crippen LogP) is 3.36. The van der Waals surface area contributed by atoms with Gasteiger partial charge < -0.3 is 19.5 Å². The largest absolute Gasteiger partial charge is 0.492 e. The average Bonchev–Trinajstić information content (AvgIpc) is 3.19. The van der Waals surface area contributed by atoms with Crippen LogP contribution in [0.3, 0.4) is 0 Å². The minimum atomic E-state index is -0.166. The summed E-state index contributed by atoms with van der Waals surface area (Å²) >= 11 is 0. The number of aryl methyl sites for hydroxylation is 1. The van der Waals surface area contributed by atoms with Gasteiger partial charge in [-0.15, -0.1) is 0 Å². The number of hydrogen-bond acceptors (Lipinski definition) is 4. The van der Waals surface area contributed by atoms with Crippen LogP contribution >= 0.6 is 0 Å². The van der Waals surface area contributed by atoms with E-state index >= 15 is 0 Å². The molecule has 0 aromatic heterocycles. The third kappa shape index (κ3) is 5.23. The first-order valence-corrected chi connectivity index (χ1v) is 9.03. The predicted molar refractivity (Wildman–Crippen MR) is 99.9 cm³/mol. The maximum Gasteiger partial charge on any atom is 0.255 e. The molecule has 1 saturated heterocycles. The summed E-state index contributed by atoms with van der Waals surface area (Å²) < 4.78 is 17.0. The Hall–Kier alpha value is -2.53. The van der Waals surface area contributed by atoms with E-state index in [4.69, 9.17) is 14.2 Å². The van der Waals surface area contributed by atoms with Crippen molar-refractivity contribution in [3.8, 4) is 11.5 Å². The fourth-order valence-corrected chi connectivity index (χ4v) is 2.80. The minimum absolute atomic E-state index is 0.119. The number of hydrogen-bond donors (Lipinski definition) is 1. The van der Waals surface area contributed by atoms with E-state index in [0.717, 1.165) is 25.2 Å². The third-order valence-electron chi connectivity index (χ3n) is 4.26. The van der Waals surface area contributed by atoms with Crippen molar-refractivity contribution < 1.29 is 19.0 Å². The Morgan fingerprint density at radius 1 is 1.15 bits per heavy atom. The van der Waals surface area contributed by atoms with Crippen molar-refractivity contribution in [2.24, 2.45) is 0 Å². The fraction of sp³-hybridized carbons (Fsp3) is 0.381. The summed E-state index contributed by atoms with van der Waals surface area (Å²) in [7, 11) is 0. The number of ether oxygens (including phenoxy) is 3. The molecule has 2 aromatic carbocycles. The Labute approximate surface area is 154 Å². The topological polar surface area (TPSA) is 56.8 Å². The highest BCUT2D eigenvalue weighted by molar-refractivity contribution is 5.96. The van der Waals surface area contributed by atoms with Crippen molar-refractivity contribution in [3.05, 3.63) is 59.7 Å². The molecule has 0 aliphatic carbocycles. The molecule has 1 unspecified atom stereocenters. The van der Waals surface area contributed by atoms with Crippen LogP contribution in [0.15, 0.2) is 48.5 Å². The summed E-state index contributed by atoms with van der Waals surface area (Å²) in [4.78, 5) is 12.4. The van der Waals surface area contributed by atoms with Crippen molar-refractivity contribution in [2.45, 2.75) is 25.9 Å². The zero-order chi connectivity index (χ0) is 18.2. The van der Waals surface area contributed by atoms with Crippen LogP contribution in [0.25, 0.3) is 0 Å². The smallest absolute Gasteiger partial charge is 0.255 e. The van der Waals surface area contributed by atoms with Gasteiger partial charge in [-0.25, -0.2) is 0 Å². The highest BCUT2D eigenvalue weighted by Crippen LogP contribution is 2.20. The summed E-state index contributed by atoms with van der Waals surface area (Å²) in [6.45, 7) is 4.13. The Kier molecular flexibility index (Phi) is 6.50. The zero-order valence-electron chi connectivity index (χ0n) is 15.1.